The average molecular weight is 991 g/mol. The molecule has 5 amide bonds. The average Bonchev–Trinajstić information content (AvgIpc) is 4.06. The fraction of sp³-hybridized carbons (Fsp3) is 0.270. The van der Waals surface area contributed by atoms with Crippen LogP contribution in [0.4, 0.5) is 42.1 Å². The van der Waals surface area contributed by atoms with Crippen LogP contribution in [-0.4, -0.2) is 128 Å². The van der Waals surface area contributed by atoms with E-state index in [0.29, 0.717) is 46.4 Å². The van der Waals surface area contributed by atoms with Crippen LogP contribution in [0.3, 0.4) is 0 Å². The number of amidine groups is 1. The van der Waals surface area contributed by atoms with Crippen LogP contribution < -0.4 is 25.4 Å². The van der Waals surface area contributed by atoms with Gasteiger partial charge in [-0.25, -0.2) is 29.2 Å². The molecule has 1 aromatic carbocycles. The third-order valence-corrected chi connectivity index (χ3v) is 9.64. The maximum absolute atomic E-state index is 13.7. The lowest BCUT2D eigenvalue weighted by Gasteiger charge is -2.32. The van der Waals surface area contributed by atoms with Gasteiger partial charge in [0.15, 0.2) is 5.82 Å². The van der Waals surface area contributed by atoms with Crippen LogP contribution in [0.25, 0.3) is 0 Å². The van der Waals surface area contributed by atoms with E-state index in [0.717, 1.165) is 4.68 Å². The molecule has 3 N–H and O–H groups in total. The van der Waals surface area contributed by atoms with Crippen molar-refractivity contribution in [3.63, 3.8) is 0 Å². The van der Waals surface area contributed by atoms with E-state index in [4.69, 9.17) is 11.1 Å². The molecule has 0 aliphatic rings. The number of alkyl halides is 2. The third-order valence-electron chi connectivity index (χ3n) is 8.93. The van der Waals surface area contributed by atoms with Crippen molar-refractivity contribution < 1.29 is 24.0 Å². The molecule has 0 fully saturated rings. The summed E-state index contributed by atoms with van der Waals surface area (Å²) in [6.07, 6.45) is 10.8. The lowest BCUT2D eigenvalue weighted by atomic mass is 10.2. The van der Waals surface area contributed by atoms with E-state index in [1.807, 2.05) is 11.1 Å². The minimum atomic E-state index is -0.529. The predicted molar refractivity (Wildman–Crippen MR) is 236 cm³/mol. The minimum Gasteiger partial charge on any atom is -0.388 e. The summed E-state index contributed by atoms with van der Waals surface area (Å²) >= 11 is 6.93. The number of aromatic nitrogens is 5. The topological polar surface area (TPSA) is 187 Å². The van der Waals surface area contributed by atoms with Crippen LogP contribution in [0.1, 0.15) is 16.8 Å². The summed E-state index contributed by atoms with van der Waals surface area (Å²) in [5, 5.41) is 16.4. The van der Waals surface area contributed by atoms with Crippen LogP contribution in [0.5, 0.6) is 0 Å². The molecule has 21 heteroatoms. The highest BCUT2D eigenvalue weighted by molar-refractivity contribution is 9.09. The first-order chi connectivity index (χ1) is 27.2. The number of benzene rings is 1. The highest BCUT2D eigenvalue weighted by atomic mass is 79.9. The number of hydrazine groups is 1. The van der Waals surface area contributed by atoms with Crippen molar-refractivity contribution in [1.82, 2.24) is 33.4 Å². The summed E-state index contributed by atoms with van der Waals surface area (Å²) < 4.78 is 5.09. The molecule has 0 saturated carbocycles. The summed E-state index contributed by atoms with van der Waals surface area (Å²) in [4.78, 5) is 72.5. The SMILES string of the molecule is Br.CN(CCC(=N)N)C(=O)n1ccc(N(C)C(=O)n2ccc(N(C)C(=O)n3ccc(N(C)C(=O)n4ccc(N(C(=O)c5ccccc5)N(CCBr)CCBr)n4)c3)c2)c1. The Hall–Kier alpha value is -5.51. The van der Waals surface area contributed by atoms with Gasteiger partial charge < -0.3 is 10.6 Å². The molecular weight excluding hydrogens is 946 g/mol. The molecule has 0 saturated heterocycles. The molecule has 0 spiro atoms. The summed E-state index contributed by atoms with van der Waals surface area (Å²) in [5.74, 6) is -0.0607. The Bertz CT molecular complexity index is 2230. The van der Waals surface area contributed by atoms with Crippen LogP contribution in [0.2, 0.25) is 0 Å². The highest BCUT2D eigenvalue weighted by Crippen LogP contribution is 2.23. The first-order valence-electron chi connectivity index (χ1n) is 17.5. The Balaban J connectivity index is 0.00000744. The fourth-order valence-electron chi connectivity index (χ4n) is 5.64. The molecule has 0 atom stereocenters. The maximum Gasteiger partial charge on any atom is 0.348 e. The number of hydrogen-bond acceptors (Lipinski definition) is 8. The molecule has 0 aliphatic heterocycles. The molecule has 4 heterocycles. The molecule has 0 aliphatic carbocycles. The van der Waals surface area contributed by atoms with Gasteiger partial charge in [0.2, 0.25) is 0 Å². The molecule has 5 rings (SSSR count). The van der Waals surface area contributed by atoms with Gasteiger partial charge in [0.1, 0.15) is 0 Å². The van der Waals surface area contributed by atoms with Crippen LogP contribution in [0.15, 0.2) is 98.0 Å². The van der Waals surface area contributed by atoms with Crippen molar-refractivity contribution in [3.05, 3.63) is 104 Å². The van der Waals surface area contributed by atoms with Gasteiger partial charge in [0.25, 0.3) is 5.91 Å². The second-order valence-electron chi connectivity index (χ2n) is 12.8. The molecule has 5 aromatic rings. The van der Waals surface area contributed by atoms with Crippen molar-refractivity contribution in [3.8, 4) is 0 Å². The normalized spacial score (nSPS) is 10.8. The highest BCUT2D eigenvalue weighted by Gasteiger charge is 2.28. The summed E-state index contributed by atoms with van der Waals surface area (Å²) in [5.41, 5.74) is 7.16. The largest absolute Gasteiger partial charge is 0.388 e. The quantitative estimate of drug-likeness (QED) is 0.0617. The molecule has 0 unspecified atom stereocenters. The van der Waals surface area contributed by atoms with Crippen molar-refractivity contribution in [2.24, 2.45) is 5.73 Å². The lowest BCUT2D eigenvalue weighted by Crippen LogP contribution is -2.49. The van der Waals surface area contributed by atoms with Gasteiger partial charge in [-0.15, -0.1) is 22.1 Å². The van der Waals surface area contributed by atoms with Crippen molar-refractivity contribution >= 4 is 108 Å². The van der Waals surface area contributed by atoms with E-state index in [-0.39, 0.29) is 53.5 Å². The second-order valence-corrected chi connectivity index (χ2v) is 14.4. The van der Waals surface area contributed by atoms with E-state index in [2.05, 4.69) is 37.0 Å². The van der Waals surface area contributed by atoms with Gasteiger partial charge in [0, 0.05) is 120 Å². The van der Waals surface area contributed by atoms with E-state index in [9.17, 15) is 24.0 Å². The Labute approximate surface area is 362 Å². The number of nitrogens with zero attached hydrogens (tertiary/aromatic N) is 11. The van der Waals surface area contributed by atoms with Gasteiger partial charge in [0.05, 0.1) is 22.9 Å². The summed E-state index contributed by atoms with van der Waals surface area (Å²) in [6.45, 7) is 1.27. The van der Waals surface area contributed by atoms with E-state index >= 15 is 0 Å². The molecular formula is C37H44Br3N13O5. The molecule has 58 heavy (non-hydrogen) atoms. The minimum absolute atomic E-state index is 0. The van der Waals surface area contributed by atoms with Crippen LogP contribution in [-0.2, 0) is 0 Å². The number of amides is 5. The monoisotopic (exact) mass is 987 g/mol. The standard InChI is InChI=1S/C37H43Br2N13O5.BrH/c1-43(17-13-31(40)41)34(54)47-18-10-28(24-47)44(2)35(55)48-19-11-29(25-48)45(3)36(56)49-20-12-30(26-49)46(4)37(57)51-21-14-32(42-51)52(50(22-15-38)23-16-39)33(53)27-8-6-5-7-9-27;/h5-12,14,18-21,24-26H,13,15-17,22-23H2,1-4H3,(H3,40,41);1H. The van der Waals surface area contributed by atoms with E-state index in [1.54, 1.807) is 76.7 Å². The zero-order valence-corrected chi connectivity index (χ0v) is 37.1. The Kier molecular flexibility index (Phi) is 15.8. The van der Waals surface area contributed by atoms with Crippen molar-refractivity contribution in [2.75, 3.05) is 78.2 Å². The van der Waals surface area contributed by atoms with Crippen LogP contribution in [0, 0.1) is 5.41 Å². The van der Waals surface area contributed by atoms with Crippen molar-refractivity contribution in [2.45, 2.75) is 6.42 Å². The fourth-order valence-corrected chi connectivity index (χ4v) is 6.46. The molecule has 0 bridgehead atoms. The number of carbonyl (C=O) groups excluding carboxylic acids is 5. The molecule has 18 nitrogen and oxygen atoms in total. The van der Waals surface area contributed by atoms with E-state index in [1.165, 1.54) is 81.7 Å². The first kappa shape index (κ1) is 45.2. The molecule has 308 valence electrons. The number of carbonyl (C=O) groups is 5. The summed E-state index contributed by atoms with van der Waals surface area (Å²) in [6, 6.07) is 13.5. The van der Waals surface area contributed by atoms with Gasteiger partial charge in [-0.05, 0) is 30.3 Å². The van der Waals surface area contributed by atoms with E-state index < -0.39 is 18.1 Å². The van der Waals surface area contributed by atoms with Gasteiger partial charge in [-0.2, -0.15) is 4.68 Å². The number of nitrogens with one attached hydrogen (secondary N) is 1. The maximum atomic E-state index is 13.7. The van der Waals surface area contributed by atoms with Gasteiger partial charge >= 0.3 is 24.1 Å². The molecule has 4 aromatic heterocycles. The zero-order chi connectivity index (χ0) is 41.4. The third kappa shape index (κ3) is 10.3. The number of halogens is 3. The summed E-state index contributed by atoms with van der Waals surface area (Å²) in [7, 11) is 6.27. The van der Waals surface area contributed by atoms with Crippen LogP contribution >= 0.6 is 48.8 Å². The Morgan fingerprint density at radius 3 is 1.59 bits per heavy atom. The molecule has 0 radical (unpaired) electrons. The van der Waals surface area contributed by atoms with Gasteiger partial charge in [-0.3, -0.25) is 38.6 Å². The number of rotatable bonds is 13. The van der Waals surface area contributed by atoms with Crippen molar-refractivity contribution in [1.29, 1.82) is 5.41 Å². The smallest absolute Gasteiger partial charge is 0.348 e. The first-order valence-corrected chi connectivity index (χ1v) is 19.8. The number of anilines is 4. The Morgan fingerprint density at radius 1 is 0.655 bits per heavy atom. The number of hydrogen-bond donors (Lipinski definition) is 2. The zero-order valence-electron chi connectivity index (χ0n) is 32.2. The second kappa shape index (κ2) is 20.3. The predicted octanol–water partition coefficient (Wildman–Crippen LogP) is 6.06. The Morgan fingerprint density at radius 2 is 1.12 bits per heavy atom. The van der Waals surface area contributed by atoms with Gasteiger partial charge in [-0.1, -0.05) is 50.1 Å². The lowest BCUT2D eigenvalue weighted by molar-refractivity contribution is 0.0902. The number of nitrogens with two attached hydrogens (primary N) is 1.